The number of carboxylic acid groups (broad SMARTS) is 1. The quantitative estimate of drug-likeness (QED) is 0.118. The topological polar surface area (TPSA) is 196 Å². The number of benzene rings is 2. The maximum atomic E-state index is 12.4. The van der Waals surface area contributed by atoms with Crippen LogP contribution in [0.4, 0.5) is 0 Å². The third-order valence-electron chi connectivity index (χ3n) is 5.41. The second-order valence-corrected chi connectivity index (χ2v) is 8.38. The van der Waals surface area contributed by atoms with E-state index in [-0.39, 0.29) is 11.7 Å². The lowest BCUT2D eigenvalue weighted by Gasteiger charge is -2.33. The van der Waals surface area contributed by atoms with Crippen molar-refractivity contribution in [2.45, 2.75) is 19.8 Å². The van der Waals surface area contributed by atoms with Gasteiger partial charge in [-0.25, -0.2) is 0 Å². The summed E-state index contributed by atoms with van der Waals surface area (Å²) < 4.78 is 11.3. The lowest BCUT2D eigenvalue weighted by Crippen LogP contribution is -2.54. The van der Waals surface area contributed by atoms with E-state index < -0.39 is 17.8 Å². The number of carboxylic acids is 1. The van der Waals surface area contributed by atoms with Gasteiger partial charge in [-0.15, -0.1) is 0 Å². The molecule has 1 fully saturated rings. The fourth-order valence-electron chi connectivity index (χ4n) is 3.49. The monoisotopic (exact) mass is 526 g/mol. The van der Waals surface area contributed by atoms with Crippen LogP contribution < -0.4 is 20.9 Å². The van der Waals surface area contributed by atoms with Crippen LogP contribution in [0.15, 0.2) is 48.5 Å². The third-order valence-corrected chi connectivity index (χ3v) is 5.41. The van der Waals surface area contributed by atoms with Crippen LogP contribution in [0.1, 0.15) is 30.9 Å². The van der Waals surface area contributed by atoms with Crippen LogP contribution in [0.5, 0.6) is 11.5 Å². The van der Waals surface area contributed by atoms with Gasteiger partial charge in [-0.1, -0.05) is 0 Å². The maximum Gasteiger partial charge on any atom is 0.312 e. The zero-order valence-electron chi connectivity index (χ0n) is 21.3. The number of nitrogens with two attached hydrogens (primary N) is 2. The molecule has 1 aliphatic heterocycles. The highest BCUT2D eigenvalue weighted by molar-refractivity contribution is 6.35. The molecular weight excluding hydrogens is 492 g/mol. The van der Waals surface area contributed by atoms with Gasteiger partial charge in [0.15, 0.2) is 0 Å². The molecule has 2 aromatic rings. The van der Waals surface area contributed by atoms with E-state index in [4.69, 9.17) is 41.7 Å². The number of carbonyl (C=O) groups excluding carboxylic acids is 2. The van der Waals surface area contributed by atoms with Crippen molar-refractivity contribution < 1.29 is 29.0 Å². The molecule has 0 radical (unpaired) electrons. The standard InChI is InChI=1S/C24H30N6O4.C2H4O2/c25-21(26)17-3-7-19(8-4-17)33-15-1-11-29-13-14-30(24(32)23(29)31)12-2-16-34-20-9-5-18(6-10-20)22(27)28;1-2(3)4/h3-10H,1-2,11-16H2,(H3,25,26)(H3,27,28);1H3,(H,3,4). The number of hydrogen-bond acceptors (Lipinski definition) is 7. The summed E-state index contributed by atoms with van der Waals surface area (Å²) in [6.45, 7) is 3.78. The third kappa shape index (κ3) is 9.80. The van der Waals surface area contributed by atoms with Gasteiger partial charge >= 0.3 is 11.8 Å². The molecule has 12 nitrogen and oxygen atoms in total. The predicted molar refractivity (Wildman–Crippen MR) is 142 cm³/mol. The zero-order valence-corrected chi connectivity index (χ0v) is 21.3. The Labute approximate surface area is 221 Å². The Hall–Kier alpha value is -4.61. The molecule has 3 rings (SSSR count). The van der Waals surface area contributed by atoms with Gasteiger partial charge in [-0.3, -0.25) is 25.2 Å². The number of hydrogen-bond donors (Lipinski definition) is 5. The predicted octanol–water partition coefficient (Wildman–Crippen LogP) is 1.25. The average Bonchev–Trinajstić information content (AvgIpc) is 2.88. The molecule has 0 spiro atoms. The van der Waals surface area contributed by atoms with Crippen molar-refractivity contribution in [3.63, 3.8) is 0 Å². The molecule has 2 aromatic carbocycles. The Bertz CT molecular complexity index is 1030. The van der Waals surface area contributed by atoms with Crippen LogP contribution in [0.25, 0.3) is 0 Å². The molecule has 2 amide bonds. The first-order valence-corrected chi connectivity index (χ1v) is 12.0. The molecule has 204 valence electrons. The van der Waals surface area contributed by atoms with Crippen LogP contribution in [-0.2, 0) is 14.4 Å². The van der Waals surface area contributed by atoms with Crippen LogP contribution in [-0.4, -0.2) is 83.8 Å². The summed E-state index contributed by atoms with van der Waals surface area (Å²) in [5.41, 5.74) is 12.1. The second kappa shape index (κ2) is 14.8. The SMILES string of the molecule is CC(=O)O.N=C(N)c1ccc(OCCCN2CCN(CCCOc3ccc(C(=N)N)cc3)C(=O)C2=O)cc1. The van der Waals surface area contributed by atoms with E-state index in [2.05, 4.69) is 0 Å². The highest BCUT2D eigenvalue weighted by atomic mass is 16.5. The molecule has 0 aliphatic carbocycles. The number of amidine groups is 2. The summed E-state index contributed by atoms with van der Waals surface area (Å²) in [6.07, 6.45) is 1.20. The summed E-state index contributed by atoms with van der Waals surface area (Å²) in [6, 6.07) is 13.8. The van der Waals surface area contributed by atoms with E-state index in [9.17, 15) is 9.59 Å². The van der Waals surface area contributed by atoms with E-state index in [1.54, 1.807) is 58.3 Å². The van der Waals surface area contributed by atoms with Gasteiger partial charge in [0, 0.05) is 44.2 Å². The molecule has 0 unspecified atom stereocenters. The minimum Gasteiger partial charge on any atom is -0.494 e. The van der Waals surface area contributed by atoms with Crippen molar-refractivity contribution in [1.82, 2.24) is 9.80 Å². The first kappa shape index (κ1) is 29.6. The van der Waals surface area contributed by atoms with Crippen LogP contribution in [0.2, 0.25) is 0 Å². The largest absolute Gasteiger partial charge is 0.494 e. The van der Waals surface area contributed by atoms with Gasteiger partial charge in [0.1, 0.15) is 23.2 Å². The minimum atomic E-state index is -0.833. The average molecular weight is 527 g/mol. The molecule has 1 aliphatic rings. The summed E-state index contributed by atoms with van der Waals surface area (Å²) in [5.74, 6) is -0.484. The molecule has 1 heterocycles. The molecule has 7 N–H and O–H groups in total. The molecular formula is C26H34N6O6. The van der Waals surface area contributed by atoms with E-state index in [1.807, 2.05) is 0 Å². The van der Waals surface area contributed by atoms with Crippen molar-refractivity contribution in [2.24, 2.45) is 11.5 Å². The maximum absolute atomic E-state index is 12.4. The molecule has 0 aromatic heterocycles. The number of nitrogens with zero attached hydrogens (tertiary/aromatic N) is 2. The Morgan fingerprint density at radius 2 is 1.11 bits per heavy atom. The van der Waals surface area contributed by atoms with E-state index in [1.165, 1.54) is 0 Å². The summed E-state index contributed by atoms with van der Waals surface area (Å²) in [7, 11) is 0. The minimum absolute atomic E-state index is 0.00170. The van der Waals surface area contributed by atoms with E-state index >= 15 is 0 Å². The smallest absolute Gasteiger partial charge is 0.312 e. The molecule has 12 heteroatoms. The lowest BCUT2D eigenvalue weighted by molar-refractivity contribution is -0.156. The number of ether oxygens (including phenoxy) is 2. The number of carbonyl (C=O) groups is 3. The van der Waals surface area contributed by atoms with Gasteiger partial charge in [0.2, 0.25) is 0 Å². The Balaban J connectivity index is 0.00000118. The van der Waals surface area contributed by atoms with E-state index in [0.29, 0.717) is 74.9 Å². The zero-order chi connectivity index (χ0) is 28.1. The van der Waals surface area contributed by atoms with Crippen LogP contribution in [0, 0.1) is 10.8 Å². The van der Waals surface area contributed by atoms with Crippen molar-refractivity contribution in [3.8, 4) is 11.5 Å². The summed E-state index contributed by atoms with van der Waals surface area (Å²) in [5, 5.41) is 22.2. The van der Waals surface area contributed by atoms with Crippen molar-refractivity contribution in [1.29, 1.82) is 10.8 Å². The Morgan fingerprint density at radius 1 is 0.789 bits per heavy atom. The molecule has 0 saturated carbocycles. The molecule has 0 bridgehead atoms. The number of nitrogen functional groups attached to an aromatic ring is 2. The molecule has 38 heavy (non-hydrogen) atoms. The molecule has 0 atom stereocenters. The van der Waals surface area contributed by atoms with Crippen molar-refractivity contribution in [2.75, 3.05) is 39.4 Å². The van der Waals surface area contributed by atoms with Gasteiger partial charge in [0.05, 0.1) is 13.2 Å². The normalized spacial score (nSPS) is 12.9. The van der Waals surface area contributed by atoms with Gasteiger partial charge < -0.3 is 35.8 Å². The number of aliphatic carboxylic acids is 1. The van der Waals surface area contributed by atoms with Crippen LogP contribution >= 0.6 is 0 Å². The van der Waals surface area contributed by atoms with Crippen molar-refractivity contribution >= 4 is 29.5 Å². The first-order chi connectivity index (χ1) is 18.1. The fourth-order valence-corrected chi connectivity index (χ4v) is 3.49. The summed E-state index contributed by atoms with van der Waals surface area (Å²) in [4.78, 5) is 37.0. The van der Waals surface area contributed by atoms with Crippen LogP contribution in [0.3, 0.4) is 0 Å². The Morgan fingerprint density at radius 3 is 1.39 bits per heavy atom. The fraction of sp³-hybridized carbons (Fsp3) is 0.346. The van der Waals surface area contributed by atoms with Crippen molar-refractivity contribution in [3.05, 3.63) is 59.7 Å². The highest BCUT2D eigenvalue weighted by Crippen LogP contribution is 2.14. The molecule has 1 saturated heterocycles. The van der Waals surface area contributed by atoms with Gasteiger partial charge in [0.25, 0.3) is 5.97 Å². The summed E-state index contributed by atoms with van der Waals surface area (Å²) >= 11 is 0. The first-order valence-electron chi connectivity index (χ1n) is 12.0. The second-order valence-electron chi connectivity index (χ2n) is 8.38. The number of nitrogens with one attached hydrogen (secondary N) is 2. The van der Waals surface area contributed by atoms with Gasteiger partial charge in [-0.05, 0) is 61.4 Å². The van der Waals surface area contributed by atoms with Gasteiger partial charge in [-0.2, -0.15) is 0 Å². The number of rotatable bonds is 12. The highest BCUT2D eigenvalue weighted by Gasteiger charge is 2.31. The number of piperazine rings is 1. The number of amides is 2. The lowest BCUT2D eigenvalue weighted by atomic mass is 10.2. The Kier molecular flexibility index (Phi) is 11.6. The van der Waals surface area contributed by atoms with E-state index in [0.717, 1.165) is 6.92 Å².